The van der Waals surface area contributed by atoms with E-state index in [-0.39, 0.29) is 17.4 Å². The molecule has 3 unspecified atom stereocenters. The monoisotopic (exact) mass is 460 g/mol. The van der Waals surface area contributed by atoms with Crippen molar-refractivity contribution in [2.75, 3.05) is 0 Å². The van der Waals surface area contributed by atoms with E-state index in [0.717, 1.165) is 30.4 Å². The Morgan fingerprint density at radius 2 is 1.94 bits per heavy atom. The summed E-state index contributed by atoms with van der Waals surface area (Å²) >= 11 is 0. The van der Waals surface area contributed by atoms with Gasteiger partial charge in [0, 0.05) is 24.1 Å². The Balaban J connectivity index is 1.49. The second-order valence-electron chi connectivity index (χ2n) is 9.44. The summed E-state index contributed by atoms with van der Waals surface area (Å²) in [5.74, 6) is -0.404. The molecule has 1 aromatic carbocycles. The molecule has 178 valence electrons. The fourth-order valence-electron chi connectivity index (χ4n) is 5.25. The standard InChI is InChI=1S/C27H32N4O3/c1-2-3-4-7-19-8-5-9-22(16-19)25(32)27(29-18-30-31-27)17-20-11-13-21(14-12-20)23-10-6-15-28-24(23)26(33)34/h6,10-15,18-19,22H,2-5,7-9,16-17H2,1H3,(H,33,34). The van der Waals surface area contributed by atoms with E-state index in [0.29, 0.717) is 17.9 Å². The summed E-state index contributed by atoms with van der Waals surface area (Å²) < 4.78 is 0. The Kier molecular flexibility index (Phi) is 7.60. The van der Waals surface area contributed by atoms with Gasteiger partial charge in [-0.1, -0.05) is 75.8 Å². The zero-order valence-electron chi connectivity index (χ0n) is 19.7. The molecule has 1 saturated carbocycles. The van der Waals surface area contributed by atoms with Gasteiger partial charge >= 0.3 is 5.97 Å². The normalized spacial score (nSPS) is 23.8. The molecule has 1 aliphatic carbocycles. The lowest BCUT2D eigenvalue weighted by molar-refractivity contribution is -0.129. The highest BCUT2D eigenvalue weighted by atomic mass is 16.4. The van der Waals surface area contributed by atoms with Crippen molar-refractivity contribution in [3.05, 3.63) is 53.9 Å². The minimum Gasteiger partial charge on any atom is -0.476 e. The molecule has 1 N–H and O–H groups in total. The lowest BCUT2D eigenvalue weighted by Gasteiger charge is -2.32. The number of azo groups is 1. The van der Waals surface area contributed by atoms with E-state index in [1.54, 1.807) is 12.1 Å². The van der Waals surface area contributed by atoms with Gasteiger partial charge in [0.15, 0.2) is 11.5 Å². The predicted molar refractivity (Wildman–Crippen MR) is 131 cm³/mol. The lowest BCUT2D eigenvalue weighted by atomic mass is 9.74. The molecule has 2 heterocycles. The molecule has 7 heteroatoms. The Morgan fingerprint density at radius 1 is 1.12 bits per heavy atom. The number of aromatic carboxylic acids is 1. The number of Topliss-reactive ketones (excluding diaryl/α,β-unsaturated/α-hetero) is 1. The number of aromatic nitrogens is 1. The molecule has 0 radical (unpaired) electrons. The number of pyridine rings is 1. The topological polar surface area (TPSA) is 104 Å². The van der Waals surface area contributed by atoms with E-state index in [9.17, 15) is 14.7 Å². The van der Waals surface area contributed by atoms with E-state index in [1.807, 2.05) is 24.3 Å². The van der Waals surface area contributed by atoms with Crippen LogP contribution < -0.4 is 0 Å². The van der Waals surface area contributed by atoms with Crippen LogP contribution in [0.2, 0.25) is 0 Å². The van der Waals surface area contributed by atoms with Crippen molar-refractivity contribution in [1.29, 1.82) is 0 Å². The van der Waals surface area contributed by atoms with Crippen LogP contribution in [0.25, 0.3) is 11.1 Å². The molecule has 1 aliphatic heterocycles. The van der Waals surface area contributed by atoms with Crippen molar-refractivity contribution in [1.82, 2.24) is 4.98 Å². The van der Waals surface area contributed by atoms with Crippen molar-refractivity contribution in [3.8, 4) is 11.1 Å². The number of carbonyl (C=O) groups is 2. The number of rotatable bonds is 10. The van der Waals surface area contributed by atoms with E-state index in [4.69, 9.17) is 0 Å². The van der Waals surface area contributed by atoms with Crippen molar-refractivity contribution in [2.24, 2.45) is 27.1 Å². The number of benzene rings is 1. The quantitative estimate of drug-likeness (QED) is 0.430. The molecular weight excluding hydrogens is 428 g/mol. The van der Waals surface area contributed by atoms with Crippen molar-refractivity contribution in [3.63, 3.8) is 0 Å². The summed E-state index contributed by atoms with van der Waals surface area (Å²) in [5, 5.41) is 17.7. The number of hydrogen-bond acceptors (Lipinski definition) is 6. The molecule has 1 fully saturated rings. The smallest absolute Gasteiger partial charge is 0.355 e. The van der Waals surface area contributed by atoms with Crippen LogP contribution in [-0.4, -0.2) is 33.8 Å². The molecule has 3 atom stereocenters. The Labute approximate surface area is 200 Å². The van der Waals surface area contributed by atoms with E-state index < -0.39 is 11.6 Å². The third kappa shape index (κ3) is 5.29. The summed E-state index contributed by atoms with van der Waals surface area (Å²) in [4.78, 5) is 33.6. The number of ketones is 1. The average molecular weight is 461 g/mol. The highest BCUT2D eigenvalue weighted by Gasteiger charge is 2.44. The van der Waals surface area contributed by atoms with Crippen LogP contribution in [0.3, 0.4) is 0 Å². The van der Waals surface area contributed by atoms with Gasteiger partial charge in [-0.2, -0.15) is 0 Å². The van der Waals surface area contributed by atoms with E-state index >= 15 is 0 Å². The Hall–Kier alpha value is -3.22. The van der Waals surface area contributed by atoms with Gasteiger partial charge in [-0.25, -0.2) is 14.8 Å². The van der Waals surface area contributed by atoms with Gasteiger partial charge in [0.05, 0.1) is 0 Å². The van der Waals surface area contributed by atoms with E-state index in [1.165, 1.54) is 44.6 Å². The number of carboxylic acid groups (broad SMARTS) is 1. The van der Waals surface area contributed by atoms with Gasteiger partial charge < -0.3 is 5.11 Å². The number of carboxylic acids is 1. The van der Waals surface area contributed by atoms with Crippen molar-refractivity contribution in [2.45, 2.75) is 70.4 Å². The van der Waals surface area contributed by atoms with Gasteiger partial charge in [-0.15, -0.1) is 10.2 Å². The minimum absolute atomic E-state index is 0.0156. The first kappa shape index (κ1) is 23.9. The maximum Gasteiger partial charge on any atom is 0.355 e. The summed E-state index contributed by atoms with van der Waals surface area (Å²) in [6, 6.07) is 11.0. The summed E-state index contributed by atoms with van der Waals surface area (Å²) in [6.45, 7) is 2.22. The number of carbonyl (C=O) groups excluding carboxylic acids is 1. The maximum absolute atomic E-state index is 13.7. The van der Waals surface area contributed by atoms with Crippen LogP contribution in [0, 0.1) is 11.8 Å². The molecule has 0 amide bonds. The fraction of sp³-hybridized carbons (Fsp3) is 0.481. The SMILES string of the molecule is CCCCCC1CCCC(C(=O)C2(Cc3ccc(-c4cccnc4C(=O)O)cc3)N=CN=N2)C1. The summed E-state index contributed by atoms with van der Waals surface area (Å²) in [6.07, 6.45) is 12.2. The largest absolute Gasteiger partial charge is 0.476 e. The fourth-order valence-corrected chi connectivity index (χ4v) is 5.25. The average Bonchev–Trinajstić information content (AvgIpc) is 3.34. The van der Waals surface area contributed by atoms with E-state index in [2.05, 4.69) is 27.1 Å². The maximum atomic E-state index is 13.7. The molecule has 2 aromatic rings. The first-order chi connectivity index (χ1) is 16.5. The highest BCUT2D eigenvalue weighted by Crippen LogP contribution is 2.38. The second kappa shape index (κ2) is 10.8. The molecule has 0 saturated heterocycles. The zero-order valence-corrected chi connectivity index (χ0v) is 19.7. The second-order valence-corrected chi connectivity index (χ2v) is 9.44. The van der Waals surface area contributed by atoms with Crippen LogP contribution in [0.1, 0.15) is 74.3 Å². The predicted octanol–water partition coefficient (Wildman–Crippen LogP) is 6.14. The van der Waals surface area contributed by atoms with Crippen LogP contribution in [0.15, 0.2) is 57.8 Å². The third-order valence-corrected chi connectivity index (χ3v) is 7.04. The molecule has 34 heavy (non-hydrogen) atoms. The Bertz CT molecular complexity index is 1070. The highest BCUT2D eigenvalue weighted by molar-refractivity contribution is 5.94. The summed E-state index contributed by atoms with van der Waals surface area (Å²) in [7, 11) is 0. The minimum atomic E-state index is -1.18. The van der Waals surface area contributed by atoms with Crippen LogP contribution in [-0.2, 0) is 11.2 Å². The van der Waals surface area contributed by atoms with Crippen molar-refractivity contribution < 1.29 is 14.7 Å². The summed E-state index contributed by atoms with van der Waals surface area (Å²) in [5.41, 5.74) is 1.06. The molecule has 7 nitrogen and oxygen atoms in total. The van der Waals surface area contributed by atoms with Gasteiger partial charge in [0.2, 0.25) is 5.66 Å². The zero-order chi connectivity index (χ0) is 24.0. The Morgan fingerprint density at radius 3 is 2.65 bits per heavy atom. The van der Waals surface area contributed by atoms with Crippen LogP contribution in [0.4, 0.5) is 0 Å². The lowest BCUT2D eigenvalue weighted by Crippen LogP contribution is -2.41. The molecule has 0 bridgehead atoms. The molecule has 0 spiro atoms. The number of hydrogen-bond donors (Lipinski definition) is 1. The van der Waals surface area contributed by atoms with Gasteiger partial charge in [-0.3, -0.25) is 4.79 Å². The number of unbranched alkanes of at least 4 members (excludes halogenated alkanes) is 2. The first-order valence-corrected chi connectivity index (χ1v) is 12.3. The molecule has 4 rings (SSSR count). The van der Waals surface area contributed by atoms with Gasteiger partial charge in [0.25, 0.3) is 0 Å². The number of aliphatic imine (C=N–C) groups is 1. The first-order valence-electron chi connectivity index (χ1n) is 12.3. The van der Waals surface area contributed by atoms with Crippen LogP contribution >= 0.6 is 0 Å². The van der Waals surface area contributed by atoms with Gasteiger partial charge in [0.1, 0.15) is 6.34 Å². The van der Waals surface area contributed by atoms with Crippen molar-refractivity contribution >= 4 is 18.1 Å². The van der Waals surface area contributed by atoms with Crippen LogP contribution in [0.5, 0.6) is 0 Å². The third-order valence-electron chi connectivity index (χ3n) is 7.04. The molecular formula is C27H32N4O3. The van der Waals surface area contributed by atoms with Gasteiger partial charge in [-0.05, 0) is 36.0 Å². The number of nitrogens with zero attached hydrogens (tertiary/aromatic N) is 4. The molecule has 2 aliphatic rings. The molecule has 1 aromatic heterocycles.